The molecule has 4 rings (SSSR count). The Hall–Kier alpha value is -3.12. The lowest BCUT2D eigenvalue weighted by Gasteiger charge is -2.09. The van der Waals surface area contributed by atoms with E-state index in [1.165, 1.54) is 0 Å². The van der Waals surface area contributed by atoms with Gasteiger partial charge in [-0.25, -0.2) is 4.79 Å². The van der Waals surface area contributed by atoms with E-state index in [4.69, 9.17) is 8.83 Å². The average molecular weight is 424 g/mol. The Bertz CT molecular complexity index is 1220. The quantitative estimate of drug-likeness (QED) is 0.449. The predicted octanol–water partition coefficient (Wildman–Crippen LogP) is 5.38. The van der Waals surface area contributed by atoms with Gasteiger partial charge in [-0.15, -0.1) is 0 Å². The van der Waals surface area contributed by atoms with Gasteiger partial charge in [0.1, 0.15) is 5.58 Å². The van der Waals surface area contributed by atoms with Crippen LogP contribution in [0.25, 0.3) is 22.1 Å². The summed E-state index contributed by atoms with van der Waals surface area (Å²) in [4.78, 5) is 24.6. The van der Waals surface area contributed by atoms with Crippen LogP contribution in [0, 0.1) is 6.92 Å². The Morgan fingerprint density at radius 2 is 1.78 bits per heavy atom. The van der Waals surface area contributed by atoms with Gasteiger partial charge in [0, 0.05) is 11.1 Å². The predicted molar refractivity (Wildman–Crippen MR) is 107 cm³/mol. The average Bonchev–Trinajstić information content (AvgIpc) is 3.08. The highest BCUT2D eigenvalue weighted by atomic mass is 79.9. The van der Waals surface area contributed by atoms with E-state index in [1.807, 2.05) is 31.2 Å². The molecule has 1 N–H and O–H groups in total. The molecule has 0 radical (unpaired) electrons. The molecule has 5 nitrogen and oxygen atoms in total. The second-order valence-corrected chi connectivity index (χ2v) is 6.85. The Morgan fingerprint density at radius 3 is 2.52 bits per heavy atom. The molecule has 0 aliphatic heterocycles. The molecular formula is C21H14BrNO4. The summed E-state index contributed by atoms with van der Waals surface area (Å²) in [5.41, 5.74) is 2.86. The first kappa shape index (κ1) is 17.3. The van der Waals surface area contributed by atoms with Crippen molar-refractivity contribution in [2.24, 2.45) is 0 Å². The number of hydrogen-bond donors (Lipinski definition) is 1. The molecule has 134 valence electrons. The summed E-state index contributed by atoms with van der Waals surface area (Å²) in [6, 6.07) is 17.8. The first-order valence-electron chi connectivity index (χ1n) is 8.22. The number of nitrogens with one attached hydrogen (secondary N) is 1. The monoisotopic (exact) mass is 423 g/mol. The first-order valence-corrected chi connectivity index (χ1v) is 9.01. The van der Waals surface area contributed by atoms with Crippen LogP contribution in [-0.4, -0.2) is 5.91 Å². The lowest BCUT2D eigenvalue weighted by atomic mass is 10.0. The van der Waals surface area contributed by atoms with E-state index in [9.17, 15) is 9.59 Å². The summed E-state index contributed by atoms with van der Waals surface area (Å²) in [6.45, 7) is 1.88. The number of anilines is 1. The molecule has 1 amide bonds. The van der Waals surface area contributed by atoms with Crippen molar-refractivity contribution in [2.75, 3.05) is 5.32 Å². The maximum atomic E-state index is 12.4. The van der Waals surface area contributed by atoms with E-state index in [2.05, 4.69) is 21.2 Å². The van der Waals surface area contributed by atoms with Crippen molar-refractivity contribution in [3.8, 4) is 11.1 Å². The van der Waals surface area contributed by atoms with E-state index >= 15 is 0 Å². The van der Waals surface area contributed by atoms with Crippen molar-refractivity contribution >= 4 is 38.5 Å². The smallest absolute Gasteiger partial charge is 0.344 e. The summed E-state index contributed by atoms with van der Waals surface area (Å²) >= 11 is 3.17. The lowest BCUT2D eigenvalue weighted by molar-refractivity contribution is 0.0995. The van der Waals surface area contributed by atoms with Gasteiger partial charge in [-0.2, -0.15) is 0 Å². The minimum absolute atomic E-state index is 0.207. The third-order valence-corrected chi connectivity index (χ3v) is 4.64. The van der Waals surface area contributed by atoms with Gasteiger partial charge in [0.15, 0.2) is 10.4 Å². The number of benzene rings is 2. The third kappa shape index (κ3) is 3.44. The van der Waals surface area contributed by atoms with E-state index in [1.54, 1.807) is 36.4 Å². The molecule has 2 aromatic heterocycles. The third-order valence-electron chi connectivity index (χ3n) is 4.21. The summed E-state index contributed by atoms with van der Waals surface area (Å²) in [6.07, 6.45) is 0. The van der Waals surface area contributed by atoms with Crippen molar-refractivity contribution in [2.45, 2.75) is 6.92 Å². The normalized spacial score (nSPS) is 10.9. The fourth-order valence-electron chi connectivity index (χ4n) is 2.92. The first-order chi connectivity index (χ1) is 13.0. The number of fused-ring (bicyclic) bond motifs is 1. The van der Waals surface area contributed by atoms with E-state index in [-0.39, 0.29) is 11.7 Å². The molecule has 0 aliphatic rings. The van der Waals surface area contributed by atoms with Gasteiger partial charge in [0.25, 0.3) is 5.91 Å². The second kappa shape index (κ2) is 6.89. The number of carbonyl (C=O) groups excluding carboxylic acids is 1. The molecule has 6 heteroatoms. The van der Waals surface area contributed by atoms with Gasteiger partial charge < -0.3 is 14.2 Å². The van der Waals surface area contributed by atoms with Crippen molar-refractivity contribution in [1.82, 2.24) is 0 Å². The van der Waals surface area contributed by atoms with Gasteiger partial charge in [0.05, 0.1) is 5.56 Å². The second-order valence-electron chi connectivity index (χ2n) is 6.07. The molecule has 4 aromatic rings. The van der Waals surface area contributed by atoms with Crippen LogP contribution in [0.2, 0.25) is 0 Å². The highest BCUT2D eigenvalue weighted by Gasteiger charge is 2.13. The molecule has 0 spiro atoms. The maximum absolute atomic E-state index is 12.4. The standard InChI is InChI=1S/C21H14BrNO4/c1-12-10-14(23-20(24)18-8-9-19(22)26-18)6-7-15(12)16-11-13-4-2-3-5-17(13)27-21(16)25/h2-11H,1H3,(H,23,24). The van der Waals surface area contributed by atoms with Crippen LogP contribution < -0.4 is 10.9 Å². The lowest BCUT2D eigenvalue weighted by Crippen LogP contribution is -2.11. The Kier molecular flexibility index (Phi) is 4.41. The fraction of sp³-hybridized carbons (Fsp3) is 0.0476. The largest absolute Gasteiger partial charge is 0.444 e. The number of hydrogen-bond acceptors (Lipinski definition) is 4. The highest BCUT2D eigenvalue weighted by molar-refractivity contribution is 9.10. The van der Waals surface area contributed by atoms with E-state index < -0.39 is 5.63 Å². The number of aryl methyl sites for hydroxylation is 1. The van der Waals surface area contributed by atoms with Crippen LogP contribution in [0.5, 0.6) is 0 Å². The Labute approximate surface area is 162 Å². The maximum Gasteiger partial charge on any atom is 0.344 e. The van der Waals surface area contributed by atoms with E-state index in [0.717, 1.165) is 16.5 Å². The summed E-state index contributed by atoms with van der Waals surface area (Å²) in [7, 11) is 0. The molecular weight excluding hydrogens is 410 g/mol. The number of para-hydroxylation sites is 1. The summed E-state index contributed by atoms with van der Waals surface area (Å²) < 4.78 is 11.2. The van der Waals surface area contributed by atoms with Gasteiger partial charge in [-0.1, -0.05) is 24.3 Å². The minimum Gasteiger partial charge on any atom is -0.444 e. The van der Waals surface area contributed by atoms with Gasteiger partial charge in [-0.3, -0.25) is 4.79 Å². The van der Waals surface area contributed by atoms with E-state index in [0.29, 0.717) is 21.5 Å². The van der Waals surface area contributed by atoms with Crippen LogP contribution in [0.4, 0.5) is 5.69 Å². The SMILES string of the molecule is Cc1cc(NC(=O)c2ccc(Br)o2)ccc1-c1cc2ccccc2oc1=O. The van der Waals surface area contributed by atoms with Gasteiger partial charge in [-0.05, 0) is 70.4 Å². The zero-order chi connectivity index (χ0) is 19.0. The van der Waals surface area contributed by atoms with Crippen LogP contribution in [0.15, 0.2) is 79.0 Å². The fourth-order valence-corrected chi connectivity index (χ4v) is 3.23. The topological polar surface area (TPSA) is 72.5 Å². The van der Waals surface area contributed by atoms with Crippen LogP contribution >= 0.6 is 15.9 Å². The molecule has 27 heavy (non-hydrogen) atoms. The molecule has 0 unspecified atom stereocenters. The van der Waals surface area contributed by atoms with Gasteiger partial charge >= 0.3 is 5.63 Å². The molecule has 0 atom stereocenters. The minimum atomic E-state index is -0.394. The Balaban J connectivity index is 1.67. The van der Waals surface area contributed by atoms with Crippen LogP contribution in [-0.2, 0) is 0 Å². The summed E-state index contributed by atoms with van der Waals surface area (Å²) in [5.74, 6) is -0.142. The number of rotatable bonds is 3. The number of furan rings is 1. The molecule has 0 saturated carbocycles. The zero-order valence-electron chi connectivity index (χ0n) is 14.3. The zero-order valence-corrected chi connectivity index (χ0v) is 15.9. The van der Waals surface area contributed by atoms with Crippen molar-refractivity contribution in [1.29, 1.82) is 0 Å². The summed E-state index contributed by atoms with van der Waals surface area (Å²) in [5, 5.41) is 3.63. The molecule has 2 aromatic carbocycles. The van der Waals surface area contributed by atoms with Crippen molar-refractivity contribution < 1.29 is 13.6 Å². The Morgan fingerprint density at radius 1 is 0.963 bits per heavy atom. The molecule has 0 fully saturated rings. The van der Waals surface area contributed by atoms with Crippen molar-refractivity contribution in [3.63, 3.8) is 0 Å². The number of carbonyl (C=O) groups is 1. The molecule has 0 saturated heterocycles. The van der Waals surface area contributed by atoms with Gasteiger partial charge in [0.2, 0.25) is 0 Å². The van der Waals surface area contributed by atoms with Crippen LogP contribution in [0.1, 0.15) is 16.1 Å². The highest BCUT2D eigenvalue weighted by Crippen LogP contribution is 2.26. The molecule has 0 bridgehead atoms. The van der Waals surface area contributed by atoms with Crippen LogP contribution in [0.3, 0.4) is 0 Å². The molecule has 0 aliphatic carbocycles. The number of halogens is 1. The number of amides is 1. The molecule has 2 heterocycles. The van der Waals surface area contributed by atoms with Crippen molar-refractivity contribution in [3.05, 3.63) is 87.1 Å².